The summed E-state index contributed by atoms with van der Waals surface area (Å²) in [6.07, 6.45) is 2.57. The Morgan fingerprint density at radius 2 is 1.81 bits per heavy atom. The Balaban J connectivity index is 1.50. The van der Waals surface area contributed by atoms with E-state index in [1.54, 1.807) is 24.3 Å². The number of amides is 1. The number of carbonyl (C=O) groups is 1. The summed E-state index contributed by atoms with van der Waals surface area (Å²) in [5, 5.41) is 2.81. The first-order valence-electron chi connectivity index (χ1n) is 8.55. The molecule has 140 valence electrons. The summed E-state index contributed by atoms with van der Waals surface area (Å²) in [4.78, 5) is 12.8. The van der Waals surface area contributed by atoms with E-state index in [2.05, 4.69) is 5.32 Å². The monoisotopic (exact) mass is 396 g/mol. The van der Waals surface area contributed by atoms with Crippen molar-refractivity contribution in [3.05, 3.63) is 52.7 Å². The standard InChI is InChI=1S/C18H21FN2O3S2/c19-15-5-3-14(4-6-15)9-10-20-17(22)13-16-7-8-18(25-16)26(23,24)21-11-1-2-12-21/h3-8H,1-2,9-13H2,(H,20,22). The molecule has 0 radical (unpaired) electrons. The average molecular weight is 397 g/mol. The van der Waals surface area contributed by atoms with Gasteiger partial charge in [0.1, 0.15) is 10.0 Å². The number of nitrogens with one attached hydrogen (secondary N) is 1. The van der Waals surface area contributed by atoms with Gasteiger partial charge in [0.2, 0.25) is 5.91 Å². The largest absolute Gasteiger partial charge is 0.355 e. The van der Waals surface area contributed by atoms with Gasteiger partial charge in [-0.15, -0.1) is 11.3 Å². The Bertz CT molecular complexity index is 857. The maximum Gasteiger partial charge on any atom is 0.252 e. The minimum absolute atomic E-state index is 0.154. The molecule has 5 nitrogen and oxygen atoms in total. The van der Waals surface area contributed by atoms with Gasteiger partial charge in [0.05, 0.1) is 6.42 Å². The fraction of sp³-hybridized carbons (Fsp3) is 0.389. The minimum Gasteiger partial charge on any atom is -0.355 e. The highest BCUT2D eigenvalue weighted by Gasteiger charge is 2.28. The van der Waals surface area contributed by atoms with E-state index in [9.17, 15) is 17.6 Å². The number of thiophene rings is 1. The molecule has 2 aromatic rings. The third-order valence-corrected chi connectivity index (χ3v) is 7.73. The molecule has 1 amide bonds. The summed E-state index contributed by atoms with van der Waals surface area (Å²) in [6, 6.07) is 9.45. The van der Waals surface area contributed by atoms with Gasteiger partial charge in [-0.1, -0.05) is 12.1 Å². The summed E-state index contributed by atoms with van der Waals surface area (Å²) in [6.45, 7) is 1.59. The van der Waals surface area contributed by atoms with Crippen molar-refractivity contribution in [2.75, 3.05) is 19.6 Å². The smallest absolute Gasteiger partial charge is 0.252 e. The molecule has 0 saturated carbocycles. The van der Waals surface area contributed by atoms with Crippen LogP contribution in [-0.4, -0.2) is 38.3 Å². The van der Waals surface area contributed by atoms with Crippen molar-refractivity contribution >= 4 is 27.3 Å². The van der Waals surface area contributed by atoms with Gasteiger partial charge in [-0.05, 0) is 49.1 Å². The molecule has 0 spiro atoms. The second-order valence-corrected chi connectivity index (χ2v) is 9.57. The molecule has 1 aromatic heterocycles. The zero-order chi connectivity index (χ0) is 18.6. The second kappa shape index (κ2) is 8.28. The van der Waals surface area contributed by atoms with E-state index >= 15 is 0 Å². The van der Waals surface area contributed by atoms with Gasteiger partial charge < -0.3 is 5.32 Å². The van der Waals surface area contributed by atoms with Crippen LogP contribution in [0.5, 0.6) is 0 Å². The van der Waals surface area contributed by atoms with Gasteiger partial charge in [0, 0.05) is 24.5 Å². The van der Waals surface area contributed by atoms with Crippen molar-refractivity contribution in [2.45, 2.75) is 29.9 Å². The van der Waals surface area contributed by atoms with Crippen molar-refractivity contribution in [1.29, 1.82) is 0 Å². The van der Waals surface area contributed by atoms with Crippen LogP contribution in [0.25, 0.3) is 0 Å². The van der Waals surface area contributed by atoms with Crippen LogP contribution in [0.2, 0.25) is 0 Å². The molecule has 8 heteroatoms. The van der Waals surface area contributed by atoms with Gasteiger partial charge in [-0.25, -0.2) is 12.8 Å². The molecule has 2 heterocycles. The van der Waals surface area contributed by atoms with Gasteiger partial charge >= 0.3 is 0 Å². The van der Waals surface area contributed by atoms with E-state index in [1.165, 1.54) is 16.4 Å². The zero-order valence-corrected chi connectivity index (χ0v) is 15.9. The van der Waals surface area contributed by atoms with E-state index < -0.39 is 10.0 Å². The van der Waals surface area contributed by atoms with Crippen LogP contribution < -0.4 is 5.32 Å². The Morgan fingerprint density at radius 1 is 1.12 bits per heavy atom. The molecule has 0 aliphatic carbocycles. The predicted molar refractivity (Wildman–Crippen MR) is 99.1 cm³/mol. The fourth-order valence-electron chi connectivity index (χ4n) is 2.87. The normalized spacial score (nSPS) is 15.3. The van der Waals surface area contributed by atoms with Gasteiger partial charge in [-0.3, -0.25) is 4.79 Å². The Morgan fingerprint density at radius 3 is 2.50 bits per heavy atom. The number of sulfonamides is 1. The molecule has 1 fully saturated rings. The van der Waals surface area contributed by atoms with E-state index in [-0.39, 0.29) is 18.1 Å². The lowest BCUT2D eigenvalue weighted by atomic mass is 10.1. The number of halogens is 1. The number of rotatable bonds is 7. The van der Waals surface area contributed by atoms with Gasteiger partial charge in [0.25, 0.3) is 10.0 Å². The lowest BCUT2D eigenvalue weighted by molar-refractivity contribution is -0.120. The molecule has 3 rings (SSSR count). The third-order valence-electron chi connectivity index (χ3n) is 4.28. The van der Waals surface area contributed by atoms with Crippen LogP contribution >= 0.6 is 11.3 Å². The van der Waals surface area contributed by atoms with Crippen molar-refractivity contribution in [3.63, 3.8) is 0 Å². The number of benzene rings is 1. The lowest BCUT2D eigenvalue weighted by Gasteiger charge is -2.13. The first kappa shape index (κ1) is 19.0. The molecule has 1 aliphatic rings. The molecule has 1 N–H and O–H groups in total. The van der Waals surface area contributed by atoms with Crippen LogP contribution in [0, 0.1) is 5.82 Å². The third kappa shape index (κ3) is 4.69. The lowest BCUT2D eigenvalue weighted by Crippen LogP contribution is -2.27. The molecule has 0 atom stereocenters. The van der Waals surface area contributed by atoms with E-state index in [0.29, 0.717) is 30.3 Å². The van der Waals surface area contributed by atoms with E-state index in [4.69, 9.17) is 0 Å². The van der Waals surface area contributed by atoms with Gasteiger partial charge in [0.15, 0.2) is 0 Å². The average Bonchev–Trinajstić information content (AvgIpc) is 3.29. The minimum atomic E-state index is -3.42. The Kier molecular flexibility index (Phi) is 6.05. The maximum absolute atomic E-state index is 12.8. The molecule has 1 saturated heterocycles. The second-order valence-electron chi connectivity index (χ2n) is 6.24. The predicted octanol–water partition coefficient (Wildman–Crippen LogP) is 2.57. The summed E-state index contributed by atoms with van der Waals surface area (Å²) >= 11 is 1.15. The maximum atomic E-state index is 12.8. The molecular formula is C18H21FN2O3S2. The molecule has 26 heavy (non-hydrogen) atoms. The molecule has 0 bridgehead atoms. The Hall–Kier alpha value is -1.77. The first-order valence-corrected chi connectivity index (χ1v) is 10.8. The Labute approximate surface area is 156 Å². The fourth-order valence-corrected chi connectivity index (χ4v) is 5.89. The highest BCUT2D eigenvalue weighted by Crippen LogP contribution is 2.27. The van der Waals surface area contributed by atoms with Gasteiger partial charge in [-0.2, -0.15) is 4.31 Å². The summed E-state index contributed by atoms with van der Waals surface area (Å²) < 4.78 is 39.6. The SMILES string of the molecule is O=C(Cc1ccc(S(=O)(=O)N2CCCC2)s1)NCCc1ccc(F)cc1. The number of nitrogens with zero attached hydrogens (tertiary/aromatic N) is 1. The summed E-state index contributed by atoms with van der Waals surface area (Å²) in [7, 11) is -3.42. The summed E-state index contributed by atoms with van der Waals surface area (Å²) in [5.74, 6) is -0.436. The topological polar surface area (TPSA) is 66.5 Å². The first-order chi connectivity index (χ1) is 12.4. The summed E-state index contributed by atoms with van der Waals surface area (Å²) in [5.41, 5.74) is 0.946. The molecule has 0 unspecified atom stereocenters. The van der Waals surface area contributed by atoms with Crippen molar-refractivity contribution in [2.24, 2.45) is 0 Å². The highest BCUT2D eigenvalue weighted by atomic mass is 32.2. The highest BCUT2D eigenvalue weighted by molar-refractivity contribution is 7.91. The quantitative estimate of drug-likeness (QED) is 0.782. The van der Waals surface area contributed by atoms with Crippen LogP contribution in [-0.2, 0) is 27.7 Å². The number of carbonyl (C=O) groups excluding carboxylic acids is 1. The molecular weight excluding hydrogens is 375 g/mol. The number of hydrogen-bond acceptors (Lipinski definition) is 4. The van der Waals surface area contributed by atoms with Crippen molar-refractivity contribution in [3.8, 4) is 0 Å². The van der Waals surface area contributed by atoms with Crippen LogP contribution in [0.15, 0.2) is 40.6 Å². The van der Waals surface area contributed by atoms with Crippen LogP contribution in [0.1, 0.15) is 23.3 Å². The van der Waals surface area contributed by atoms with Crippen LogP contribution in [0.4, 0.5) is 4.39 Å². The zero-order valence-electron chi connectivity index (χ0n) is 14.3. The molecule has 1 aliphatic heterocycles. The van der Waals surface area contributed by atoms with Crippen LogP contribution in [0.3, 0.4) is 0 Å². The number of hydrogen-bond donors (Lipinski definition) is 1. The van der Waals surface area contributed by atoms with E-state index in [0.717, 1.165) is 34.6 Å². The molecule has 1 aromatic carbocycles. The van der Waals surface area contributed by atoms with Crippen molar-refractivity contribution < 1.29 is 17.6 Å². The van der Waals surface area contributed by atoms with Crippen molar-refractivity contribution in [1.82, 2.24) is 9.62 Å². The van der Waals surface area contributed by atoms with E-state index in [1.807, 2.05) is 0 Å².